The van der Waals surface area contributed by atoms with Gasteiger partial charge in [0.1, 0.15) is 0 Å². The molecule has 1 atom stereocenters. The van der Waals surface area contributed by atoms with Gasteiger partial charge in [-0.25, -0.2) is 0 Å². The minimum Gasteiger partial charge on any atom is -0.493 e. The molecule has 2 aliphatic rings. The summed E-state index contributed by atoms with van der Waals surface area (Å²) in [6.07, 6.45) is 1.72. The van der Waals surface area contributed by atoms with E-state index in [0.29, 0.717) is 54.3 Å². The van der Waals surface area contributed by atoms with Crippen molar-refractivity contribution in [3.05, 3.63) is 23.8 Å². The fraction of sp³-hybridized carbons (Fsp3) is 0.545. The quantitative estimate of drug-likeness (QED) is 0.667. The molecule has 172 valence electrons. The normalized spacial score (nSPS) is 19.4. The third-order valence-electron chi connectivity index (χ3n) is 6.13. The summed E-state index contributed by atoms with van der Waals surface area (Å²) < 4.78 is 21.4. The van der Waals surface area contributed by atoms with Gasteiger partial charge in [-0.1, -0.05) is 5.16 Å². The molecule has 2 aliphatic heterocycles. The number of carbonyl (C=O) groups is 2. The molecule has 1 aromatic heterocycles. The molecule has 0 spiro atoms. The van der Waals surface area contributed by atoms with E-state index in [1.807, 2.05) is 4.90 Å². The highest BCUT2D eigenvalue weighted by atomic mass is 16.5. The number of amides is 2. The van der Waals surface area contributed by atoms with Gasteiger partial charge in [-0.05, 0) is 19.8 Å². The summed E-state index contributed by atoms with van der Waals surface area (Å²) in [5.74, 6) is 2.32. The monoisotopic (exact) mass is 444 g/mol. The number of ether oxygens (including phenoxy) is 3. The van der Waals surface area contributed by atoms with Crippen LogP contribution in [0.4, 0.5) is 5.69 Å². The van der Waals surface area contributed by atoms with Crippen LogP contribution in [0.1, 0.15) is 36.9 Å². The second-order valence-corrected chi connectivity index (χ2v) is 8.07. The average molecular weight is 444 g/mol. The Morgan fingerprint density at radius 1 is 1.09 bits per heavy atom. The molecule has 2 amide bonds. The maximum atomic E-state index is 13.1. The van der Waals surface area contributed by atoms with Gasteiger partial charge in [0.15, 0.2) is 17.3 Å². The number of methoxy groups -OCH3 is 3. The van der Waals surface area contributed by atoms with Crippen molar-refractivity contribution in [3.63, 3.8) is 0 Å². The highest BCUT2D eigenvalue weighted by molar-refractivity contribution is 6.00. The smallest absolute Gasteiger partial charge is 0.229 e. The number of rotatable bonds is 6. The van der Waals surface area contributed by atoms with Crippen molar-refractivity contribution in [1.29, 1.82) is 0 Å². The van der Waals surface area contributed by atoms with Gasteiger partial charge < -0.3 is 28.5 Å². The van der Waals surface area contributed by atoms with Crippen LogP contribution in [-0.4, -0.2) is 67.8 Å². The van der Waals surface area contributed by atoms with Gasteiger partial charge >= 0.3 is 0 Å². The number of benzene rings is 1. The third-order valence-corrected chi connectivity index (χ3v) is 6.13. The van der Waals surface area contributed by atoms with Crippen molar-refractivity contribution in [3.8, 4) is 17.2 Å². The molecule has 0 radical (unpaired) electrons. The first-order valence-corrected chi connectivity index (χ1v) is 10.6. The minimum atomic E-state index is -0.385. The van der Waals surface area contributed by atoms with Gasteiger partial charge in [-0.2, -0.15) is 4.98 Å². The predicted molar refractivity (Wildman–Crippen MR) is 114 cm³/mol. The first kappa shape index (κ1) is 21.9. The molecule has 2 saturated heterocycles. The first-order chi connectivity index (χ1) is 15.4. The summed E-state index contributed by atoms with van der Waals surface area (Å²) in [4.78, 5) is 33.7. The van der Waals surface area contributed by atoms with E-state index in [-0.39, 0.29) is 30.1 Å². The summed E-state index contributed by atoms with van der Waals surface area (Å²) in [6, 6.07) is 3.45. The zero-order chi connectivity index (χ0) is 22.8. The molecule has 0 aliphatic carbocycles. The summed E-state index contributed by atoms with van der Waals surface area (Å²) in [5.41, 5.74) is 0.616. The Labute approximate surface area is 186 Å². The Hall–Kier alpha value is -3.30. The van der Waals surface area contributed by atoms with Crippen LogP contribution in [0.15, 0.2) is 16.7 Å². The van der Waals surface area contributed by atoms with Gasteiger partial charge in [0.05, 0.1) is 32.9 Å². The number of carbonyl (C=O) groups excluding carboxylic acids is 2. The largest absolute Gasteiger partial charge is 0.493 e. The number of aryl methyl sites for hydroxylation is 1. The molecule has 10 nitrogen and oxygen atoms in total. The maximum Gasteiger partial charge on any atom is 0.229 e. The molecule has 10 heteroatoms. The lowest BCUT2D eigenvalue weighted by atomic mass is 9.95. The fourth-order valence-electron chi connectivity index (χ4n) is 4.43. The molecule has 4 rings (SSSR count). The van der Waals surface area contributed by atoms with E-state index in [1.165, 1.54) is 21.3 Å². The number of piperidine rings is 1. The van der Waals surface area contributed by atoms with E-state index in [2.05, 4.69) is 10.1 Å². The SMILES string of the molecule is COc1cc(N2CC(C(=O)N3CCC(c4nc(C)no4)CC3)CC2=O)cc(OC)c1OC. The second kappa shape index (κ2) is 9.05. The van der Waals surface area contributed by atoms with Crippen molar-refractivity contribution in [2.75, 3.05) is 45.9 Å². The van der Waals surface area contributed by atoms with Crippen LogP contribution in [0.3, 0.4) is 0 Å². The van der Waals surface area contributed by atoms with Gasteiger partial charge in [-0.3, -0.25) is 9.59 Å². The Kier molecular flexibility index (Phi) is 6.20. The van der Waals surface area contributed by atoms with E-state index in [1.54, 1.807) is 24.0 Å². The maximum absolute atomic E-state index is 13.1. The van der Waals surface area contributed by atoms with Crippen LogP contribution in [0.2, 0.25) is 0 Å². The van der Waals surface area contributed by atoms with E-state index >= 15 is 0 Å². The molecule has 3 heterocycles. The molecule has 0 N–H and O–H groups in total. The number of hydrogen-bond donors (Lipinski definition) is 0. The first-order valence-electron chi connectivity index (χ1n) is 10.6. The van der Waals surface area contributed by atoms with E-state index < -0.39 is 0 Å². The van der Waals surface area contributed by atoms with Gasteiger partial charge in [-0.15, -0.1) is 0 Å². The molecule has 2 aromatic rings. The molecule has 1 aromatic carbocycles. The Balaban J connectivity index is 1.43. The predicted octanol–water partition coefficient (Wildman–Crippen LogP) is 2.16. The molecular weight excluding hydrogens is 416 g/mol. The number of likely N-dealkylation sites (tertiary alicyclic amines) is 1. The summed E-state index contributed by atoms with van der Waals surface area (Å²) >= 11 is 0. The minimum absolute atomic E-state index is 0.00783. The van der Waals surface area contributed by atoms with Crippen molar-refractivity contribution >= 4 is 17.5 Å². The Morgan fingerprint density at radius 3 is 2.28 bits per heavy atom. The lowest BCUT2D eigenvalue weighted by molar-refractivity contribution is -0.136. The van der Waals surface area contributed by atoms with Crippen LogP contribution >= 0.6 is 0 Å². The van der Waals surface area contributed by atoms with Crippen LogP contribution in [0.25, 0.3) is 0 Å². The number of hydrogen-bond acceptors (Lipinski definition) is 8. The lowest BCUT2D eigenvalue weighted by Gasteiger charge is -2.32. The summed E-state index contributed by atoms with van der Waals surface area (Å²) in [7, 11) is 4.58. The second-order valence-electron chi connectivity index (χ2n) is 8.07. The highest BCUT2D eigenvalue weighted by Crippen LogP contribution is 2.42. The van der Waals surface area contributed by atoms with Crippen molar-refractivity contribution in [2.45, 2.75) is 32.1 Å². The average Bonchev–Trinajstić information content (AvgIpc) is 3.43. The lowest BCUT2D eigenvalue weighted by Crippen LogP contribution is -2.42. The zero-order valence-corrected chi connectivity index (χ0v) is 18.8. The molecule has 0 saturated carbocycles. The fourth-order valence-corrected chi connectivity index (χ4v) is 4.43. The van der Waals surface area contributed by atoms with Crippen molar-refractivity contribution in [2.24, 2.45) is 5.92 Å². The number of aromatic nitrogens is 2. The van der Waals surface area contributed by atoms with Gasteiger partial charge in [0, 0.05) is 44.1 Å². The van der Waals surface area contributed by atoms with Crippen LogP contribution in [0.5, 0.6) is 17.2 Å². The highest BCUT2D eigenvalue weighted by Gasteiger charge is 2.39. The molecular formula is C22H28N4O6. The van der Waals surface area contributed by atoms with Crippen molar-refractivity contribution < 1.29 is 28.3 Å². The standard InChI is InChI=1S/C22H28N4O6/c1-13-23-21(32-24-13)14-5-7-25(8-6-14)22(28)15-9-19(27)26(12-15)16-10-17(29-2)20(31-4)18(11-16)30-3/h10-11,14-15H,5-9,12H2,1-4H3. The molecule has 0 bridgehead atoms. The van der Waals surface area contributed by atoms with Gasteiger partial charge in [0.2, 0.25) is 23.5 Å². The van der Waals surface area contributed by atoms with Crippen LogP contribution in [-0.2, 0) is 9.59 Å². The summed E-state index contributed by atoms with van der Waals surface area (Å²) in [6.45, 7) is 3.33. The summed E-state index contributed by atoms with van der Waals surface area (Å²) in [5, 5.41) is 3.85. The van der Waals surface area contributed by atoms with E-state index in [0.717, 1.165) is 12.8 Å². The van der Waals surface area contributed by atoms with Gasteiger partial charge in [0.25, 0.3) is 0 Å². The molecule has 1 unspecified atom stereocenters. The number of nitrogens with zero attached hydrogens (tertiary/aromatic N) is 4. The van der Waals surface area contributed by atoms with E-state index in [4.69, 9.17) is 18.7 Å². The van der Waals surface area contributed by atoms with Crippen molar-refractivity contribution in [1.82, 2.24) is 15.0 Å². The van der Waals surface area contributed by atoms with Crippen LogP contribution < -0.4 is 19.1 Å². The topological polar surface area (TPSA) is 107 Å². The zero-order valence-electron chi connectivity index (χ0n) is 18.8. The number of anilines is 1. The third kappa shape index (κ3) is 4.09. The molecule has 32 heavy (non-hydrogen) atoms. The Morgan fingerprint density at radius 2 is 1.75 bits per heavy atom. The van der Waals surface area contributed by atoms with Crippen LogP contribution in [0, 0.1) is 12.8 Å². The molecule has 2 fully saturated rings. The Bertz CT molecular complexity index is 973. The van der Waals surface area contributed by atoms with E-state index in [9.17, 15) is 9.59 Å².